The van der Waals surface area contributed by atoms with E-state index in [1.54, 1.807) is 6.92 Å². The Morgan fingerprint density at radius 3 is 2.74 bits per heavy atom. The molecule has 7 nitrogen and oxygen atoms in total. The number of aromatic nitrogens is 2. The zero-order valence-electron chi connectivity index (χ0n) is 11.3. The highest BCUT2D eigenvalue weighted by Crippen LogP contribution is 2.01. The van der Waals surface area contributed by atoms with Crippen LogP contribution in [0.4, 0.5) is 0 Å². The summed E-state index contributed by atoms with van der Waals surface area (Å²) in [5.74, 6) is 1.31. The summed E-state index contributed by atoms with van der Waals surface area (Å²) in [6.45, 7) is 5.97. The van der Waals surface area contributed by atoms with Crippen molar-refractivity contribution in [2.75, 3.05) is 39.8 Å². The van der Waals surface area contributed by atoms with Crippen molar-refractivity contribution in [1.82, 2.24) is 25.3 Å². The number of hydrogen-bond donors (Lipinski definition) is 1. The number of aryl methyl sites for hydroxylation is 1. The van der Waals surface area contributed by atoms with E-state index in [1.165, 1.54) is 0 Å². The number of carbonyl (C=O) groups is 1. The van der Waals surface area contributed by atoms with Crippen molar-refractivity contribution in [1.29, 1.82) is 0 Å². The lowest BCUT2D eigenvalue weighted by molar-refractivity contribution is -0.132. The minimum absolute atomic E-state index is 0. The Bertz CT molecular complexity index is 406. The van der Waals surface area contributed by atoms with Gasteiger partial charge in [0.25, 0.3) is 0 Å². The average Bonchev–Trinajstić information content (AvgIpc) is 2.75. The second-order valence-corrected chi connectivity index (χ2v) is 4.54. The van der Waals surface area contributed by atoms with Crippen LogP contribution in [0.3, 0.4) is 0 Å². The summed E-state index contributed by atoms with van der Waals surface area (Å²) in [6.07, 6.45) is 0. The van der Waals surface area contributed by atoms with Gasteiger partial charge in [-0.3, -0.25) is 9.69 Å². The van der Waals surface area contributed by atoms with Crippen LogP contribution in [0.5, 0.6) is 0 Å². The fraction of sp³-hybridized carbons (Fsp3) is 0.727. The van der Waals surface area contributed by atoms with Gasteiger partial charge in [0.2, 0.25) is 11.8 Å². The number of nitrogens with zero attached hydrogens (tertiary/aromatic N) is 4. The van der Waals surface area contributed by atoms with Crippen LogP contribution in [-0.4, -0.2) is 65.6 Å². The first kappa shape index (κ1) is 15.9. The van der Waals surface area contributed by atoms with Crippen LogP contribution < -0.4 is 5.32 Å². The minimum Gasteiger partial charge on any atom is -0.339 e. The van der Waals surface area contributed by atoms with Crippen LogP contribution in [0, 0.1) is 6.92 Å². The Balaban J connectivity index is 0.00000180. The molecule has 1 N–H and O–H groups in total. The van der Waals surface area contributed by atoms with Crippen molar-refractivity contribution < 1.29 is 9.32 Å². The molecule has 108 valence electrons. The van der Waals surface area contributed by atoms with Crippen LogP contribution in [0.2, 0.25) is 0 Å². The van der Waals surface area contributed by atoms with E-state index < -0.39 is 0 Å². The molecule has 0 atom stereocenters. The smallest absolute Gasteiger partial charge is 0.240 e. The molecule has 0 bridgehead atoms. The van der Waals surface area contributed by atoms with Crippen molar-refractivity contribution in [2.45, 2.75) is 13.5 Å². The molecule has 1 saturated heterocycles. The topological polar surface area (TPSA) is 74.5 Å². The van der Waals surface area contributed by atoms with Gasteiger partial charge in [-0.25, -0.2) is 0 Å². The van der Waals surface area contributed by atoms with Gasteiger partial charge in [0, 0.05) is 26.2 Å². The zero-order valence-corrected chi connectivity index (χ0v) is 12.1. The number of halogens is 1. The van der Waals surface area contributed by atoms with Crippen molar-refractivity contribution in [2.24, 2.45) is 0 Å². The van der Waals surface area contributed by atoms with E-state index in [1.807, 2.05) is 16.8 Å². The highest BCUT2D eigenvalue weighted by molar-refractivity contribution is 5.85. The summed E-state index contributed by atoms with van der Waals surface area (Å²) in [6, 6.07) is 0. The second kappa shape index (κ2) is 7.42. The van der Waals surface area contributed by atoms with E-state index in [4.69, 9.17) is 4.52 Å². The molecule has 1 amide bonds. The SMILES string of the molecule is Cc1noc(CN(C)CC(=O)N2CCNCC2)n1.Cl. The third-order valence-corrected chi connectivity index (χ3v) is 2.85. The number of nitrogens with one attached hydrogen (secondary N) is 1. The normalized spacial score (nSPS) is 15.4. The molecule has 0 radical (unpaired) electrons. The monoisotopic (exact) mass is 289 g/mol. The minimum atomic E-state index is 0. The van der Waals surface area contributed by atoms with Gasteiger partial charge >= 0.3 is 0 Å². The summed E-state index contributed by atoms with van der Waals surface area (Å²) >= 11 is 0. The quantitative estimate of drug-likeness (QED) is 0.818. The fourth-order valence-electron chi connectivity index (χ4n) is 1.94. The molecule has 8 heteroatoms. The van der Waals surface area contributed by atoms with Gasteiger partial charge in [-0.05, 0) is 14.0 Å². The predicted molar refractivity (Wildman–Crippen MR) is 72.1 cm³/mol. The molecule has 2 heterocycles. The molecule has 0 spiro atoms. The van der Waals surface area contributed by atoms with E-state index in [2.05, 4.69) is 15.5 Å². The first-order chi connectivity index (χ1) is 8.65. The van der Waals surface area contributed by atoms with Crippen LogP contribution in [0.15, 0.2) is 4.52 Å². The van der Waals surface area contributed by atoms with Gasteiger partial charge < -0.3 is 14.7 Å². The van der Waals surface area contributed by atoms with Gasteiger partial charge in [-0.15, -0.1) is 12.4 Å². The van der Waals surface area contributed by atoms with E-state index in [0.717, 1.165) is 26.2 Å². The molecule has 2 rings (SSSR count). The van der Waals surface area contributed by atoms with Crippen LogP contribution >= 0.6 is 12.4 Å². The van der Waals surface area contributed by atoms with Crippen LogP contribution in [0.25, 0.3) is 0 Å². The molecule has 0 aliphatic carbocycles. The fourth-order valence-corrected chi connectivity index (χ4v) is 1.94. The largest absolute Gasteiger partial charge is 0.339 e. The standard InChI is InChI=1S/C11H19N5O2.ClH/c1-9-13-10(18-14-9)7-15(2)8-11(17)16-5-3-12-4-6-16;/h12H,3-8H2,1-2H3;1H. The molecule has 0 unspecified atom stereocenters. The Hall–Kier alpha value is -1.18. The van der Waals surface area contributed by atoms with Crippen LogP contribution in [-0.2, 0) is 11.3 Å². The summed E-state index contributed by atoms with van der Waals surface area (Å²) in [5, 5.41) is 6.95. The van der Waals surface area contributed by atoms with Crippen LogP contribution in [0.1, 0.15) is 11.7 Å². The molecular weight excluding hydrogens is 270 g/mol. The number of amides is 1. The Kier molecular flexibility index (Phi) is 6.20. The molecule has 1 fully saturated rings. The van der Waals surface area contributed by atoms with Gasteiger partial charge in [0.05, 0.1) is 13.1 Å². The van der Waals surface area contributed by atoms with Crippen molar-refractivity contribution in [3.8, 4) is 0 Å². The van der Waals surface area contributed by atoms with E-state index in [-0.39, 0.29) is 18.3 Å². The molecule has 1 aliphatic heterocycles. The molecular formula is C11H20ClN5O2. The third-order valence-electron chi connectivity index (χ3n) is 2.85. The van der Waals surface area contributed by atoms with E-state index in [0.29, 0.717) is 24.8 Å². The summed E-state index contributed by atoms with van der Waals surface area (Å²) in [5.41, 5.74) is 0. The maximum absolute atomic E-state index is 12.0. The Morgan fingerprint density at radius 1 is 1.47 bits per heavy atom. The third kappa shape index (κ3) is 4.77. The second-order valence-electron chi connectivity index (χ2n) is 4.54. The lowest BCUT2D eigenvalue weighted by atomic mass is 10.3. The highest BCUT2D eigenvalue weighted by atomic mass is 35.5. The van der Waals surface area contributed by atoms with Crippen molar-refractivity contribution in [3.05, 3.63) is 11.7 Å². The van der Waals surface area contributed by atoms with Gasteiger partial charge in [0.1, 0.15) is 0 Å². The van der Waals surface area contributed by atoms with Gasteiger partial charge in [0.15, 0.2) is 5.82 Å². The first-order valence-electron chi connectivity index (χ1n) is 6.11. The van der Waals surface area contributed by atoms with E-state index >= 15 is 0 Å². The van der Waals surface area contributed by atoms with Crippen molar-refractivity contribution in [3.63, 3.8) is 0 Å². The van der Waals surface area contributed by atoms with Gasteiger partial charge in [-0.1, -0.05) is 5.16 Å². The average molecular weight is 290 g/mol. The highest BCUT2D eigenvalue weighted by Gasteiger charge is 2.18. The number of rotatable bonds is 4. The zero-order chi connectivity index (χ0) is 13.0. The lowest BCUT2D eigenvalue weighted by Crippen LogP contribution is -2.49. The number of carbonyl (C=O) groups excluding carboxylic acids is 1. The summed E-state index contributed by atoms with van der Waals surface area (Å²) in [7, 11) is 1.87. The predicted octanol–water partition coefficient (Wildman–Crippen LogP) is -0.337. The maximum atomic E-state index is 12.0. The summed E-state index contributed by atoms with van der Waals surface area (Å²) < 4.78 is 5.02. The molecule has 1 aromatic rings. The molecule has 1 aromatic heterocycles. The molecule has 1 aliphatic rings. The molecule has 0 aromatic carbocycles. The molecule has 0 saturated carbocycles. The lowest BCUT2D eigenvalue weighted by Gasteiger charge is -2.28. The van der Waals surface area contributed by atoms with Gasteiger partial charge in [-0.2, -0.15) is 4.98 Å². The number of hydrogen-bond acceptors (Lipinski definition) is 6. The Labute approximate surface area is 118 Å². The molecule has 19 heavy (non-hydrogen) atoms. The van der Waals surface area contributed by atoms with Crippen molar-refractivity contribution >= 4 is 18.3 Å². The first-order valence-corrected chi connectivity index (χ1v) is 6.11. The number of likely N-dealkylation sites (N-methyl/N-ethyl adjacent to an activating group) is 1. The maximum Gasteiger partial charge on any atom is 0.240 e. The number of piperazine rings is 1. The summed E-state index contributed by atoms with van der Waals surface area (Å²) in [4.78, 5) is 19.9. The van der Waals surface area contributed by atoms with E-state index in [9.17, 15) is 4.79 Å². The Morgan fingerprint density at radius 2 is 2.16 bits per heavy atom.